The molecule has 3 aliphatic rings. The Hall–Kier alpha value is -1.34. The zero-order chi connectivity index (χ0) is 14.4. The standard InChI is InChI=1S/C17H20N2OS/c18-9-14-12-3-1-2-4-15(12)21-17(14)19-16(20)13-8-10-5-6-11(13)7-10/h10-11,13H,1-8H2,(H,19,20)/t10-,11-,13+/m1/s1. The molecule has 21 heavy (non-hydrogen) atoms. The minimum absolute atomic E-state index is 0.164. The van der Waals surface area contributed by atoms with Gasteiger partial charge in [-0.15, -0.1) is 11.3 Å². The Labute approximate surface area is 129 Å². The second-order valence-corrected chi connectivity index (χ2v) is 7.90. The number of carbonyl (C=O) groups is 1. The van der Waals surface area contributed by atoms with E-state index in [2.05, 4.69) is 11.4 Å². The van der Waals surface area contributed by atoms with E-state index < -0.39 is 0 Å². The van der Waals surface area contributed by atoms with Crippen LogP contribution in [0.5, 0.6) is 0 Å². The molecule has 1 amide bonds. The number of nitrogens with one attached hydrogen (secondary N) is 1. The van der Waals surface area contributed by atoms with Crippen molar-refractivity contribution in [1.29, 1.82) is 5.26 Å². The lowest BCUT2D eigenvalue weighted by Crippen LogP contribution is -2.27. The number of rotatable bonds is 2. The van der Waals surface area contributed by atoms with Gasteiger partial charge >= 0.3 is 0 Å². The first kappa shape index (κ1) is 13.3. The Kier molecular flexibility index (Phi) is 3.26. The van der Waals surface area contributed by atoms with Crippen LogP contribution in [0.1, 0.15) is 54.5 Å². The predicted octanol–water partition coefficient (Wildman–Crippen LogP) is 3.87. The fourth-order valence-corrected chi connectivity index (χ4v) is 5.79. The lowest BCUT2D eigenvalue weighted by molar-refractivity contribution is -0.121. The van der Waals surface area contributed by atoms with Crippen LogP contribution in [0.25, 0.3) is 0 Å². The van der Waals surface area contributed by atoms with E-state index in [4.69, 9.17) is 0 Å². The number of aryl methyl sites for hydroxylation is 1. The van der Waals surface area contributed by atoms with Crippen molar-refractivity contribution in [2.45, 2.75) is 51.4 Å². The molecule has 0 aliphatic heterocycles. The average Bonchev–Trinajstić information content (AvgIpc) is 3.20. The molecule has 3 nitrogen and oxygen atoms in total. The number of nitrogens with zero attached hydrogens (tertiary/aromatic N) is 1. The Bertz CT molecular complexity index is 627. The molecule has 1 aromatic rings. The first-order valence-electron chi connectivity index (χ1n) is 8.11. The predicted molar refractivity (Wildman–Crippen MR) is 83.2 cm³/mol. The van der Waals surface area contributed by atoms with E-state index in [0.717, 1.165) is 42.2 Å². The van der Waals surface area contributed by atoms with Crippen molar-refractivity contribution in [2.75, 3.05) is 5.32 Å². The van der Waals surface area contributed by atoms with Crippen LogP contribution in [0, 0.1) is 29.1 Å². The highest BCUT2D eigenvalue weighted by Crippen LogP contribution is 2.49. The first-order chi connectivity index (χ1) is 10.3. The van der Waals surface area contributed by atoms with Crippen LogP contribution in [0.15, 0.2) is 0 Å². The number of amides is 1. The second kappa shape index (κ2) is 5.14. The maximum Gasteiger partial charge on any atom is 0.228 e. The van der Waals surface area contributed by atoms with Crippen LogP contribution in [-0.4, -0.2) is 5.91 Å². The molecule has 0 saturated heterocycles. The third-order valence-corrected chi connectivity index (χ3v) is 6.80. The van der Waals surface area contributed by atoms with Gasteiger partial charge in [0.05, 0.1) is 5.56 Å². The summed E-state index contributed by atoms with van der Waals surface area (Å²) >= 11 is 1.64. The van der Waals surface area contributed by atoms with E-state index in [-0.39, 0.29) is 11.8 Å². The quantitative estimate of drug-likeness (QED) is 0.901. The molecule has 110 valence electrons. The zero-order valence-corrected chi connectivity index (χ0v) is 13.0. The van der Waals surface area contributed by atoms with E-state index in [1.54, 1.807) is 11.3 Å². The lowest BCUT2D eigenvalue weighted by Gasteiger charge is -2.20. The molecule has 4 heteroatoms. The highest BCUT2D eigenvalue weighted by molar-refractivity contribution is 7.16. The Morgan fingerprint density at radius 1 is 1.24 bits per heavy atom. The van der Waals surface area contributed by atoms with Gasteiger partial charge in [-0.25, -0.2) is 0 Å². The minimum Gasteiger partial charge on any atom is -0.316 e. The molecule has 2 fully saturated rings. The van der Waals surface area contributed by atoms with Crippen molar-refractivity contribution in [3.63, 3.8) is 0 Å². The van der Waals surface area contributed by atoms with Gasteiger partial charge in [-0.2, -0.15) is 5.26 Å². The molecule has 0 spiro atoms. The summed E-state index contributed by atoms with van der Waals surface area (Å²) in [4.78, 5) is 13.9. The van der Waals surface area contributed by atoms with Gasteiger partial charge in [-0.3, -0.25) is 4.79 Å². The summed E-state index contributed by atoms with van der Waals surface area (Å²) in [6.07, 6.45) is 9.27. The summed E-state index contributed by atoms with van der Waals surface area (Å²) in [7, 11) is 0. The normalized spacial score (nSPS) is 30.0. The van der Waals surface area contributed by atoms with Gasteiger partial charge in [0.25, 0.3) is 0 Å². The third-order valence-electron chi connectivity index (χ3n) is 5.59. The van der Waals surface area contributed by atoms with Crippen LogP contribution in [0.2, 0.25) is 0 Å². The fraction of sp³-hybridized carbons (Fsp3) is 0.647. The van der Waals surface area contributed by atoms with E-state index in [9.17, 15) is 10.1 Å². The Balaban J connectivity index is 1.56. The lowest BCUT2D eigenvalue weighted by atomic mass is 9.88. The number of carbonyl (C=O) groups excluding carboxylic acids is 1. The molecule has 0 aromatic carbocycles. The summed E-state index contributed by atoms with van der Waals surface area (Å²) < 4.78 is 0. The van der Waals surface area contributed by atoms with Gasteiger partial charge in [0.2, 0.25) is 5.91 Å². The monoisotopic (exact) mass is 300 g/mol. The molecule has 1 heterocycles. The van der Waals surface area contributed by atoms with Gasteiger partial charge in [0, 0.05) is 10.8 Å². The minimum atomic E-state index is 0.164. The van der Waals surface area contributed by atoms with Crippen molar-refractivity contribution in [3.05, 3.63) is 16.0 Å². The number of fused-ring (bicyclic) bond motifs is 3. The summed E-state index contributed by atoms with van der Waals surface area (Å²) in [5.41, 5.74) is 1.95. The van der Waals surface area contributed by atoms with Gasteiger partial charge < -0.3 is 5.32 Å². The molecule has 1 N–H and O–H groups in total. The SMILES string of the molecule is N#Cc1c(NC(=O)[C@H]2C[C@@H]3CC[C@@H]2C3)sc2c1CCCC2. The molecule has 1 aromatic heterocycles. The number of hydrogen-bond acceptors (Lipinski definition) is 3. The van der Waals surface area contributed by atoms with Crippen molar-refractivity contribution in [2.24, 2.45) is 17.8 Å². The number of thiophene rings is 1. The molecule has 3 atom stereocenters. The van der Waals surface area contributed by atoms with Crippen molar-refractivity contribution in [1.82, 2.24) is 0 Å². The van der Waals surface area contributed by atoms with E-state index in [1.165, 1.54) is 36.1 Å². The second-order valence-electron chi connectivity index (χ2n) is 6.80. The number of anilines is 1. The number of hydrogen-bond donors (Lipinski definition) is 1. The van der Waals surface area contributed by atoms with Gasteiger partial charge in [-0.05, 0) is 62.3 Å². The molecular formula is C17H20N2OS. The summed E-state index contributed by atoms with van der Waals surface area (Å²) in [5.74, 6) is 1.72. The molecular weight excluding hydrogens is 280 g/mol. The third kappa shape index (κ3) is 2.19. The Morgan fingerprint density at radius 2 is 2.10 bits per heavy atom. The number of nitriles is 1. The van der Waals surface area contributed by atoms with Gasteiger partial charge in [0.15, 0.2) is 0 Å². The molecule has 4 rings (SSSR count). The van der Waals surface area contributed by atoms with E-state index in [1.807, 2.05) is 0 Å². The average molecular weight is 300 g/mol. The molecule has 2 saturated carbocycles. The van der Waals surface area contributed by atoms with Gasteiger partial charge in [-0.1, -0.05) is 6.42 Å². The van der Waals surface area contributed by atoms with Crippen LogP contribution in [-0.2, 0) is 17.6 Å². The smallest absolute Gasteiger partial charge is 0.228 e. The highest BCUT2D eigenvalue weighted by atomic mass is 32.1. The molecule has 0 unspecified atom stereocenters. The van der Waals surface area contributed by atoms with Crippen LogP contribution < -0.4 is 5.32 Å². The summed E-state index contributed by atoms with van der Waals surface area (Å²) in [5, 5.41) is 13.4. The summed E-state index contributed by atoms with van der Waals surface area (Å²) in [6.45, 7) is 0. The molecule has 0 radical (unpaired) electrons. The van der Waals surface area contributed by atoms with Crippen molar-refractivity contribution in [3.8, 4) is 6.07 Å². The highest BCUT2D eigenvalue weighted by Gasteiger charge is 2.43. The van der Waals surface area contributed by atoms with Gasteiger partial charge in [0.1, 0.15) is 11.1 Å². The van der Waals surface area contributed by atoms with Crippen LogP contribution >= 0.6 is 11.3 Å². The van der Waals surface area contributed by atoms with Crippen LogP contribution in [0.4, 0.5) is 5.00 Å². The summed E-state index contributed by atoms with van der Waals surface area (Å²) in [6, 6.07) is 2.33. The Morgan fingerprint density at radius 3 is 2.81 bits per heavy atom. The van der Waals surface area contributed by atoms with Crippen molar-refractivity contribution < 1.29 is 4.79 Å². The van der Waals surface area contributed by atoms with Crippen LogP contribution in [0.3, 0.4) is 0 Å². The zero-order valence-electron chi connectivity index (χ0n) is 12.2. The fourth-order valence-electron chi connectivity index (χ4n) is 4.54. The molecule has 2 bridgehead atoms. The maximum absolute atomic E-state index is 12.6. The topological polar surface area (TPSA) is 52.9 Å². The van der Waals surface area contributed by atoms with E-state index >= 15 is 0 Å². The first-order valence-corrected chi connectivity index (χ1v) is 8.93. The largest absolute Gasteiger partial charge is 0.316 e. The van der Waals surface area contributed by atoms with E-state index in [0.29, 0.717) is 5.92 Å². The molecule has 3 aliphatic carbocycles. The maximum atomic E-state index is 12.6. The van der Waals surface area contributed by atoms with Crippen molar-refractivity contribution >= 4 is 22.2 Å².